The van der Waals surface area contributed by atoms with Crippen molar-refractivity contribution in [3.63, 3.8) is 0 Å². The van der Waals surface area contributed by atoms with Crippen LogP contribution < -0.4 is 10.5 Å². The molecular weight excluding hydrogens is 258 g/mol. The first-order chi connectivity index (χ1) is 9.49. The summed E-state index contributed by atoms with van der Waals surface area (Å²) in [5, 5.41) is 11.5. The Morgan fingerprint density at radius 3 is 2.45 bits per heavy atom. The number of rotatable bonds is 6. The fraction of sp³-hybridized carbons (Fsp3) is 0.429. The fourth-order valence-electron chi connectivity index (χ4n) is 1.84. The van der Waals surface area contributed by atoms with Crippen LogP contribution in [0.4, 0.5) is 0 Å². The normalized spacial score (nSPS) is 11.5. The maximum atomic E-state index is 11.9. The summed E-state index contributed by atoms with van der Waals surface area (Å²) in [6.45, 7) is 6.52. The number of amides is 1. The standard InChI is InChI=1S/C14H21N3O3/c1-4-17(10(2)3)13(18)9-20-12-7-5-11(6-8-12)14(15)16-19/h5-8,10,19H,4,9H2,1-3H3,(H2,15,16). The smallest absolute Gasteiger partial charge is 0.260 e. The summed E-state index contributed by atoms with van der Waals surface area (Å²) in [5.41, 5.74) is 6.04. The maximum absolute atomic E-state index is 11.9. The lowest BCUT2D eigenvalue weighted by molar-refractivity contribution is -0.134. The molecule has 0 unspecified atom stereocenters. The minimum Gasteiger partial charge on any atom is -0.484 e. The molecular formula is C14H21N3O3. The van der Waals surface area contributed by atoms with Crippen molar-refractivity contribution in [2.24, 2.45) is 10.9 Å². The van der Waals surface area contributed by atoms with Crippen molar-refractivity contribution in [2.75, 3.05) is 13.2 Å². The second-order valence-electron chi connectivity index (χ2n) is 4.57. The van der Waals surface area contributed by atoms with Gasteiger partial charge in [-0.05, 0) is 45.0 Å². The third-order valence-electron chi connectivity index (χ3n) is 2.90. The minimum absolute atomic E-state index is 0.00502. The molecule has 0 saturated carbocycles. The first kappa shape index (κ1) is 15.8. The van der Waals surface area contributed by atoms with E-state index in [-0.39, 0.29) is 24.4 Å². The van der Waals surface area contributed by atoms with Crippen LogP contribution in [0.1, 0.15) is 26.3 Å². The van der Waals surface area contributed by atoms with E-state index in [2.05, 4.69) is 5.16 Å². The Balaban J connectivity index is 2.60. The van der Waals surface area contributed by atoms with E-state index in [1.807, 2.05) is 20.8 Å². The summed E-state index contributed by atoms with van der Waals surface area (Å²) >= 11 is 0. The molecule has 0 bridgehead atoms. The molecule has 0 saturated heterocycles. The molecule has 0 radical (unpaired) electrons. The Hall–Kier alpha value is -2.24. The van der Waals surface area contributed by atoms with Crippen LogP contribution in [0.2, 0.25) is 0 Å². The van der Waals surface area contributed by atoms with Gasteiger partial charge in [0.1, 0.15) is 5.75 Å². The summed E-state index contributed by atoms with van der Waals surface area (Å²) in [4.78, 5) is 13.7. The van der Waals surface area contributed by atoms with Gasteiger partial charge < -0.3 is 20.6 Å². The number of nitrogens with zero attached hydrogens (tertiary/aromatic N) is 2. The van der Waals surface area contributed by atoms with E-state index < -0.39 is 0 Å². The summed E-state index contributed by atoms with van der Waals surface area (Å²) in [6, 6.07) is 6.82. The molecule has 0 spiro atoms. The number of nitrogens with two attached hydrogens (primary N) is 1. The number of hydrogen-bond donors (Lipinski definition) is 2. The molecule has 1 aromatic rings. The van der Waals surface area contributed by atoms with Crippen LogP contribution in [-0.4, -0.2) is 41.0 Å². The van der Waals surface area contributed by atoms with Gasteiger partial charge >= 0.3 is 0 Å². The molecule has 1 rings (SSSR count). The fourth-order valence-corrected chi connectivity index (χ4v) is 1.84. The summed E-state index contributed by atoms with van der Waals surface area (Å²) in [5.74, 6) is 0.542. The molecule has 1 amide bonds. The monoisotopic (exact) mass is 279 g/mol. The minimum atomic E-state index is -0.0528. The Morgan fingerprint density at radius 2 is 2.00 bits per heavy atom. The van der Waals surface area contributed by atoms with E-state index in [1.54, 1.807) is 29.2 Å². The van der Waals surface area contributed by atoms with Crippen LogP contribution in [0.25, 0.3) is 0 Å². The number of benzene rings is 1. The number of carbonyl (C=O) groups is 1. The first-order valence-electron chi connectivity index (χ1n) is 6.49. The Morgan fingerprint density at radius 1 is 1.40 bits per heavy atom. The van der Waals surface area contributed by atoms with Gasteiger partial charge in [-0.25, -0.2) is 0 Å². The SMILES string of the molecule is CCN(C(=O)COc1ccc(/C(N)=N/O)cc1)C(C)C. The van der Waals surface area contributed by atoms with Crippen molar-refractivity contribution in [3.05, 3.63) is 29.8 Å². The van der Waals surface area contributed by atoms with Crippen molar-refractivity contribution in [1.29, 1.82) is 0 Å². The zero-order valence-electron chi connectivity index (χ0n) is 12.0. The van der Waals surface area contributed by atoms with Gasteiger partial charge in [0.05, 0.1) is 0 Å². The third-order valence-corrected chi connectivity index (χ3v) is 2.90. The van der Waals surface area contributed by atoms with E-state index in [9.17, 15) is 4.79 Å². The van der Waals surface area contributed by atoms with Crippen LogP contribution in [0, 0.1) is 0 Å². The van der Waals surface area contributed by atoms with E-state index in [0.29, 0.717) is 17.9 Å². The number of hydrogen-bond acceptors (Lipinski definition) is 4. The van der Waals surface area contributed by atoms with Gasteiger partial charge in [-0.1, -0.05) is 5.16 Å². The van der Waals surface area contributed by atoms with Gasteiger partial charge in [0.15, 0.2) is 12.4 Å². The molecule has 0 fully saturated rings. The average Bonchev–Trinajstić information content (AvgIpc) is 2.45. The highest BCUT2D eigenvalue weighted by Gasteiger charge is 2.15. The van der Waals surface area contributed by atoms with Crippen LogP contribution in [0.15, 0.2) is 29.4 Å². The average molecular weight is 279 g/mol. The van der Waals surface area contributed by atoms with Gasteiger partial charge in [-0.15, -0.1) is 0 Å². The number of ether oxygens (including phenoxy) is 1. The highest BCUT2D eigenvalue weighted by atomic mass is 16.5. The number of oxime groups is 1. The van der Waals surface area contributed by atoms with Gasteiger partial charge in [0.2, 0.25) is 0 Å². The van der Waals surface area contributed by atoms with E-state index in [0.717, 1.165) is 0 Å². The second kappa shape index (κ2) is 7.37. The van der Waals surface area contributed by atoms with E-state index in [1.165, 1.54) is 0 Å². The maximum Gasteiger partial charge on any atom is 0.260 e. The number of likely N-dealkylation sites (N-methyl/N-ethyl adjacent to an activating group) is 1. The second-order valence-corrected chi connectivity index (χ2v) is 4.57. The van der Waals surface area contributed by atoms with Crippen molar-refractivity contribution in [3.8, 4) is 5.75 Å². The van der Waals surface area contributed by atoms with Crippen molar-refractivity contribution < 1.29 is 14.7 Å². The summed E-state index contributed by atoms with van der Waals surface area (Å²) < 4.78 is 5.43. The van der Waals surface area contributed by atoms with Crippen molar-refractivity contribution in [2.45, 2.75) is 26.8 Å². The van der Waals surface area contributed by atoms with E-state index in [4.69, 9.17) is 15.7 Å². The van der Waals surface area contributed by atoms with Crippen LogP contribution >= 0.6 is 0 Å². The molecule has 0 aliphatic carbocycles. The first-order valence-corrected chi connectivity index (χ1v) is 6.49. The van der Waals surface area contributed by atoms with Crippen molar-refractivity contribution >= 4 is 11.7 Å². The quantitative estimate of drug-likeness (QED) is 0.357. The molecule has 0 aromatic heterocycles. The molecule has 1 aromatic carbocycles. The lowest BCUT2D eigenvalue weighted by atomic mass is 10.2. The molecule has 0 aliphatic rings. The van der Waals surface area contributed by atoms with Crippen molar-refractivity contribution in [1.82, 2.24) is 4.90 Å². The Bertz CT molecular complexity index is 469. The predicted octanol–water partition coefficient (Wildman–Crippen LogP) is 1.42. The Kier molecular flexibility index (Phi) is 5.83. The zero-order chi connectivity index (χ0) is 15.1. The lowest BCUT2D eigenvalue weighted by Crippen LogP contribution is -2.39. The molecule has 0 heterocycles. The molecule has 6 nitrogen and oxygen atoms in total. The number of carbonyl (C=O) groups excluding carboxylic acids is 1. The predicted molar refractivity (Wildman–Crippen MR) is 77.0 cm³/mol. The molecule has 6 heteroatoms. The van der Waals surface area contributed by atoms with Gasteiger partial charge in [-0.3, -0.25) is 4.79 Å². The van der Waals surface area contributed by atoms with E-state index >= 15 is 0 Å². The van der Waals surface area contributed by atoms with Crippen LogP contribution in [-0.2, 0) is 4.79 Å². The highest BCUT2D eigenvalue weighted by molar-refractivity contribution is 5.97. The third kappa shape index (κ3) is 4.15. The molecule has 0 atom stereocenters. The Labute approximate surface area is 118 Å². The van der Waals surface area contributed by atoms with Gasteiger partial charge in [-0.2, -0.15) is 0 Å². The van der Waals surface area contributed by atoms with Crippen LogP contribution in [0.3, 0.4) is 0 Å². The molecule has 0 aliphatic heterocycles. The molecule has 20 heavy (non-hydrogen) atoms. The molecule has 110 valence electrons. The summed E-state index contributed by atoms with van der Waals surface area (Å²) in [7, 11) is 0. The van der Waals surface area contributed by atoms with Crippen LogP contribution in [0.5, 0.6) is 5.75 Å². The van der Waals surface area contributed by atoms with Gasteiger partial charge in [0, 0.05) is 18.2 Å². The molecule has 3 N–H and O–H groups in total. The highest BCUT2D eigenvalue weighted by Crippen LogP contribution is 2.12. The lowest BCUT2D eigenvalue weighted by Gasteiger charge is -2.25. The largest absolute Gasteiger partial charge is 0.484 e. The van der Waals surface area contributed by atoms with Gasteiger partial charge in [0.25, 0.3) is 5.91 Å². The zero-order valence-corrected chi connectivity index (χ0v) is 12.0. The topological polar surface area (TPSA) is 88.2 Å². The number of amidine groups is 1. The summed E-state index contributed by atoms with van der Waals surface area (Å²) in [6.07, 6.45) is 0.